The van der Waals surface area contributed by atoms with Gasteiger partial charge in [-0.15, -0.1) is 0 Å². The Kier molecular flexibility index (Phi) is 5.32. The van der Waals surface area contributed by atoms with Crippen molar-refractivity contribution in [1.82, 2.24) is 4.98 Å². The summed E-state index contributed by atoms with van der Waals surface area (Å²) in [4.78, 5) is 15.2. The molecule has 110 valence electrons. The predicted molar refractivity (Wildman–Crippen MR) is 80.6 cm³/mol. The van der Waals surface area contributed by atoms with Gasteiger partial charge in [0, 0.05) is 12.5 Å². The quantitative estimate of drug-likeness (QED) is 0.784. The number of ketones is 1. The molecule has 1 heterocycles. The fraction of sp³-hybridized carbons (Fsp3) is 0.294. The minimum atomic E-state index is 0.208. The summed E-state index contributed by atoms with van der Waals surface area (Å²) in [6, 6.07) is 13.4. The van der Waals surface area contributed by atoms with Crippen LogP contribution in [0.15, 0.2) is 42.5 Å². The van der Waals surface area contributed by atoms with E-state index in [0.717, 1.165) is 23.4 Å². The summed E-state index contributed by atoms with van der Waals surface area (Å²) < 4.78 is 10.8. The van der Waals surface area contributed by atoms with Gasteiger partial charge in [0.15, 0.2) is 0 Å². The molecule has 0 unspecified atom stereocenters. The number of pyridine rings is 1. The van der Waals surface area contributed by atoms with Crippen LogP contribution in [0.25, 0.3) is 0 Å². The van der Waals surface area contributed by atoms with Gasteiger partial charge in [-0.3, -0.25) is 0 Å². The molecule has 0 N–H and O–H groups in total. The molecule has 0 fully saturated rings. The first kappa shape index (κ1) is 15.0. The van der Waals surface area contributed by atoms with Crippen molar-refractivity contribution in [1.29, 1.82) is 0 Å². The SMILES string of the molecule is COc1cccc(COc2ccc(CCC(C)=O)cc2)n1. The first-order valence-corrected chi connectivity index (χ1v) is 6.88. The molecular weight excluding hydrogens is 266 g/mol. The number of hydrogen-bond acceptors (Lipinski definition) is 4. The lowest BCUT2D eigenvalue weighted by Crippen LogP contribution is -2.00. The first-order chi connectivity index (χ1) is 10.2. The Balaban J connectivity index is 1.89. The normalized spacial score (nSPS) is 10.2. The van der Waals surface area contributed by atoms with Crippen LogP contribution in [0.1, 0.15) is 24.6 Å². The van der Waals surface area contributed by atoms with Crippen molar-refractivity contribution in [2.24, 2.45) is 0 Å². The summed E-state index contributed by atoms with van der Waals surface area (Å²) in [5.74, 6) is 1.57. The third-order valence-electron chi connectivity index (χ3n) is 3.07. The molecule has 1 aromatic heterocycles. The summed E-state index contributed by atoms with van der Waals surface area (Å²) in [6.45, 7) is 2.00. The van der Waals surface area contributed by atoms with E-state index in [-0.39, 0.29) is 5.78 Å². The van der Waals surface area contributed by atoms with Gasteiger partial charge >= 0.3 is 0 Å². The lowest BCUT2D eigenvalue weighted by atomic mass is 10.1. The summed E-state index contributed by atoms with van der Waals surface area (Å²) in [5.41, 5.74) is 1.95. The van der Waals surface area contributed by atoms with E-state index in [4.69, 9.17) is 9.47 Å². The fourth-order valence-electron chi connectivity index (χ4n) is 1.88. The fourth-order valence-corrected chi connectivity index (χ4v) is 1.88. The summed E-state index contributed by atoms with van der Waals surface area (Å²) >= 11 is 0. The molecule has 0 bridgehead atoms. The number of methoxy groups -OCH3 is 1. The molecule has 4 nitrogen and oxygen atoms in total. The van der Waals surface area contributed by atoms with E-state index < -0.39 is 0 Å². The third-order valence-corrected chi connectivity index (χ3v) is 3.07. The molecule has 0 radical (unpaired) electrons. The average Bonchev–Trinajstić information content (AvgIpc) is 2.52. The van der Waals surface area contributed by atoms with Gasteiger partial charge in [-0.2, -0.15) is 0 Å². The van der Waals surface area contributed by atoms with Crippen LogP contribution in [0, 0.1) is 0 Å². The van der Waals surface area contributed by atoms with Gasteiger partial charge in [0.25, 0.3) is 0 Å². The monoisotopic (exact) mass is 285 g/mol. The minimum Gasteiger partial charge on any atom is -0.487 e. The Bertz CT molecular complexity index is 593. The van der Waals surface area contributed by atoms with Crippen LogP contribution in [-0.2, 0) is 17.8 Å². The summed E-state index contributed by atoms with van der Waals surface area (Å²) in [6.07, 6.45) is 1.35. The van der Waals surface area contributed by atoms with E-state index >= 15 is 0 Å². The van der Waals surface area contributed by atoms with Crippen molar-refractivity contribution in [3.63, 3.8) is 0 Å². The molecule has 0 spiro atoms. The standard InChI is InChI=1S/C17H19NO3/c1-13(19)6-7-14-8-10-16(11-9-14)21-12-15-4-3-5-17(18-15)20-2/h3-5,8-11H,6-7,12H2,1-2H3. The number of aromatic nitrogens is 1. The molecular formula is C17H19NO3. The second-order valence-electron chi connectivity index (χ2n) is 4.81. The van der Waals surface area contributed by atoms with E-state index in [2.05, 4.69) is 4.98 Å². The molecule has 0 saturated heterocycles. The van der Waals surface area contributed by atoms with E-state index in [1.165, 1.54) is 0 Å². The Morgan fingerprint density at radius 2 is 1.90 bits per heavy atom. The van der Waals surface area contributed by atoms with E-state index in [1.807, 2.05) is 36.4 Å². The highest BCUT2D eigenvalue weighted by molar-refractivity contribution is 5.75. The number of benzene rings is 1. The van der Waals surface area contributed by atoms with E-state index in [1.54, 1.807) is 20.1 Å². The molecule has 0 aliphatic rings. The van der Waals surface area contributed by atoms with Gasteiger partial charge in [-0.1, -0.05) is 18.2 Å². The number of carbonyl (C=O) groups excluding carboxylic acids is 1. The Labute approximate surface area is 124 Å². The zero-order chi connectivity index (χ0) is 15.1. The Morgan fingerprint density at radius 1 is 1.14 bits per heavy atom. The van der Waals surface area contributed by atoms with Crippen molar-refractivity contribution in [2.75, 3.05) is 7.11 Å². The highest BCUT2D eigenvalue weighted by Gasteiger charge is 2.01. The number of ether oxygens (including phenoxy) is 2. The van der Waals surface area contributed by atoms with Crippen molar-refractivity contribution < 1.29 is 14.3 Å². The smallest absolute Gasteiger partial charge is 0.213 e. The van der Waals surface area contributed by atoms with Crippen LogP contribution < -0.4 is 9.47 Å². The number of nitrogens with zero attached hydrogens (tertiary/aromatic N) is 1. The summed E-state index contributed by atoms with van der Waals surface area (Å²) in [5, 5.41) is 0. The topological polar surface area (TPSA) is 48.4 Å². The zero-order valence-corrected chi connectivity index (χ0v) is 12.3. The number of aryl methyl sites for hydroxylation is 1. The van der Waals surface area contributed by atoms with Crippen LogP contribution in [0.3, 0.4) is 0 Å². The second-order valence-corrected chi connectivity index (χ2v) is 4.81. The molecule has 0 atom stereocenters. The van der Waals surface area contributed by atoms with Crippen LogP contribution >= 0.6 is 0 Å². The van der Waals surface area contributed by atoms with Crippen molar-refractivity contribution in [3.8, 4) is 11.6 Å². The second kappa shape index (κ2) is 7.43. The van der Waals surface area contributed by atoms with Crippen LogP contribution in [0.5, 0.6) is 11.6 Å². The lowest BCUT2D eigenvalue weighted by molar-refractivity contribution is -0.116. The van der Waals surface area contributed by atoms with Gasteiger partial charge in [-0.25, -0.2) is 4.98 Å². The number of hydrogen-bond donors (Lipinski definition) is 0. The highest BCUT2D eigenvalue weighted by atomic mass is 16.5. The summed E-state index contributed by atoms with van der Waals surface area (Å²) in [7, 11) is 1.59. The number of rotatable bonds is 7. The highest BCUT2D eigenvalue weighted by Crippen LogP contribution is 2.15. The van der Waals surface area contributed by atoms with Gasteiger partial charge < -0.3 is 14.3 Å². The van der Waals surface area contributed by atoms with E-state index in [0.29, 0.717) is 18.9 Å². The van der Waals surface area contributed by atoms with Gasteiger partial charge in [0.05, 0.1) is 12.8 Å². The van der Waals surface area contributed by atoms with E-state index in [9.17, 15) is 4.79 Å². The van der Waals surface area contributed by atoms with Crippen LogP contribution in [0.4, 0.5) is 0 Å². The largest absolute Gasteiger partial charge is 0.487 e. The van der Waals surface area contributed by atoms with Gasteiger partial charge in [0.1, 0.15) is 18.1 Å². The molecule has 1 aromatic carbocycles. The van der Waals surface area contributed by atoms with Crippen molar-refractivity contribution in [3.05, 3.63) is 53.7 Å². The molecule has 0 amide bonds. The molecule has 0 saturated carbocycles. The van der Waals surface area contributed by atoms with Gasteiger partial charge in [0.2, 0.25) is 5.88 Å². The zero-order valence-electron chi connectivity index (χ0n) is 12.3. The maximum absolute atomic E-state index is 11.0. The molecule has 2 rings (SSSR count). The number of carbonyl (C=O) groups is 1. The Hall–Kier alpha value is -2.36. The lowest BCUT2D eigenvalue weighted by Gasteiger charge is -2.07. The number of Topliss-reactive ketones (excluding diaryl/α,β-unsaturated/α-hetero) is 1. The average molecular weight is 285 g/mol. The van der Waals surface area contributed by atoms with Crippen LogP contribution in [-0.4, -0.2) is 17.9 Å². The third kappa shape index (κ3) is 4.91. The minimum absolute atomic E-state index is 0.208. The Morgan fingerprint density at radius 3 is 2.57 bits per heavy atom. The predicted octanol–water partition coefficient (Wildman–Crippen LogP) is 3.19. The van der Waals surface area contributed by atoms with Crippen LogP contribution in [0.2, 0.25) is 0 Å². The maximum atomic E-state index is 11.0. The molecule has 0 aliphatic carbocycles. The molecule has 2 aromatic rings. The molecule has 4 heteroatoms. The van der Waals surface area contributed by atoms with Crippen molar-refractivity contribution in [2.45, 2.75) is 26.4 Å². The maximum Gasteiger partial charge on any atom is 0.213 e. The first-order valence-electron chi connectivity index (χ1n) is 6.88. The molecule has 0 aliphatic heterocycles. The van der Waals surface area contributed by atoms with Crippen molar-refractivity contribution >= 4 is 5.78 Å². The molecule has 21 heavy (non-hydrogen) atoms. The van der Waals surface area contributed by atoms with Gasteiger partial charge in [-0.05, 0) is 37.1 Å².